The van der Waals surface area contributed by atoms with Crippen molar-refractivity contribution in [3.8, 4) is 6.07 Å². The van der Waals surface area contributed by atoms with Gasteiger partial charge in [0.25, 0.3) is 5.91 Å². The molecule has 0 fully saturated rings. The number of nitrogens with one attached hydrogen (secondary N) is 1. The highest BCUT2D eigenvalue weighted by atomic mass is 35.5. The molecule has 0 aliphatic heterocycles. The molecule has 6 heteroatoms. The summed E-state index contributed by atoms with van der Waals surface area (Å²) in [5.41, 5.74) is 0.135. The lowest BCUT2D eigenvalue weighted by molar-refractivity contribution is 0.0615. The average Bonchev–Trinajstić information content (AvgIpc) is 2.28. The number of nitrogens with zero attached hydrogens (tertiary/aromatic N) is 1. The van der Waals surface area contributed by atoms with Crippen LogP contribution in [0.5, 0.6) is 0 Å². The molecule has 4 nitrogen and oxygen atoms in total. The number of ether oxygens (including phenoxy) is 1. The van der Waals surface area contributed by atoms with Gasteiger partial charge in [-0.15, -0.1) is 0 Å². The lowest BCUT2D eigenvalue weighted by Gasteiger charge is -2.12. The van der Waals surface area contributed by atoms with E-state index in [0.717, 1.165) is 0 Å². The van der Waals surface area contributed by atoms with E-state index in [2.05, 4.69) is 5.32 Å². The molecule has 17 heavy (non-hydrogen) atoms. The minimum atomic E-state index is -1.01. The maximum atomic E-state index is 11.8. The Bertz CT molecular complexity index is 437. The predicted octanol–water partition coefficient (Wildman–Crippen LogP) is 2.61. The van der Waals surface area contributed by atoms with Crippen molar-refractivity contribution in [1.29, 1.82) is 5.26 Å². The summed E-state index contributed by atoms with van der Waals surface area (Å²) >= 11 is 11.7. The van der Waals surface area contributed by atoms with Crippen LogP contribution in [0.1, 0.15) is 17.3 Å². The number of nitriles is 1. The van der Waals surface area contributed by atoms with Crippen molar-refractivity contribution in [2.75, 3.05) is 6.61 Å². The number of carbonyl (C=O) groups excluding carboxylic acids is 1. The molecule has 0 aliphatic rings. The van der Waals surface area contributed by atoms with E-state index >= 15 is 0 Å². The van der Waals surface area contributed by atoms with Gasteiger partial charge in [0.05, 0.1) is 15.6 Å². The first-order chi connectivity index (χ1) is 8.10. The molecule has 0 saturated heterocycles. The zero-order valence-electron chi connectivity index (χ0n) is 9.04. The molecule has 1 unspecified atom stereocenters. The first kappa shape index (κ1) is 13.8. The molecule has 0 aliphatic carbocycles. The van der Waals surface area contributed by atoms with Crippen LogP contribution in [-0.2, 0) is 4.74 Å². The minimum absolute atomic E-state index is 0.135. The Balaban J connectivity index is 2.87. The summed E-state index contributed by atoms with van der Waals surface area (Å²) in [7, 11) is 0. The van der Waals surface area contributed by atoms with Crippen LogP contribution in [-0.4, -0.2) is 18.7 Å². The maximum Gasteiger partial charge on any atom is 0.257 e. The molecular formula is C11H10Cl2N2O2. The Morgan fingerprint density at radius 2 is 2.12 bits per heavy atom. The molecule has 0 spiro atoms. The van der Waals surface area contributed by atoms with Gasteiger partial charge in [-0.1, -0.05) is 29.3 Å². The number of rotatable bonds is 4. The van der Waals surface area contributed by atoms with Gasteiger partial charge < -0.3 is 10.1 Å². The number of benzene rings is 1. The first-order valence-electron chi connectivity index (χ1n) is 4.86. The van der Waals surface area contributed by atoms with E-state index in [0.29, 0.717) is 6.61 Å². The van der Waals surface area contributed by atoms with Crippen LogP contribution in [0.4, 0.5) is 0 Å². The highest BCUT2D eigenvalue weighted by Crippen LogP contribution is 2.24. The van der Waals surface area contributed by atoms with Gasteiger partial charge in [-0.05, 0) is 19.1 Å². The smallest absolute Gasteiger partial charge is 0.257 e. The van der Waals surface area contributed by atoms with Crippen molar-refractivity contribution >= 4 is 29.1 Å². The Labute approximate surface area is 109 Å². The van der Waals surface area contributed by atoms with E-state index in [1.165, 1.54) is 0 Å². The quantitative estimate of drug-likeness (QED) is 0.858. The Hall–Kier alpha value is -1.28. The van der Waals surface area contributed by atoms with Crippen molar-refractivity contribution in [1.82, 2.24) is 5.32 Å². The largest absolute Gasteiger partial charge is 0.346 e. The molecule has 0 bridgehead atoms. The molecule has 0 aromatic heterocycles. The maximum absolute atomic E-state index is 11.8. The third kappa shape index (κ3) is 3.60. The van der Waals surface area contributed by atoms with Crippen molar-refractivity contribution in [3.05, 3.63) is 33.8 Å². The van der Waals surface area contributed by atoms with Gasteiger partial charge in [-0.2, -0.15) is 5.26 Å². The molecule has 1 amide bonds. The van der Waals surface area contributed by atoms with E-state index in [1.54, 1.807) is 31.2 Å². The van der Waals surface area contributed by atoms with Crippen LogP contribution < -0.4 is 5.32 Å². The van der Waals surface area contributed by atoms with Gasteiger partial charge in [-0.3, -0.25) is 4.79 Å². The first-order valence-corrected chi connectivity index (χ1v) is 5.61. The third-order valence-corrected chi connectivity index (χ3v) is 2.53. The normalized spacial score (nSPS) is 11.6. The standard InChI is InChI=1S/C11H10Cl2N2O2/c1-2-17-9(6-14)15-11(16)10-7(12)4-3-5-8(10)13/h3-5,9H,2H2,1H3,(H,15,16). The molecule has 0 radical (unpaired) electrons. The van der Waals surface area contributed by atoms with Crippen LogP contribution in [0.25, 0.3) is 0 Å². The lowest BCUT2D eigenvalue weighted by Crippen LogP contribution is -2.36. The lowest BCUT2D eigenvalue weighted by atomic mass is 10.2. The average molecular weight is 273 g/mol. The second-order valence-corrected chi connectivity index (χ2v) is 3.85. The van der Waals surface area contributed by atoms with Gasteiger partial charge >= 0.3 is 0 Å². The minimum Gasteiger partial charge on any atom is -0.346 e. The van der Waals surface area contributed by atoms with E-state index in [1.807, 2.05) is 0 Å². The predicted molar refractivity (Wildman–Crippen MR) is 65.0 cm³/mol. The summed E-state index contributed by atoms with van der Waals surface area (Å²) in [4.78, 5) is 11.8. The van der Waals surface area contributed by atoms with E-state index in [-0.39, 0.29) is 15.6 Å². The number of halogens is 2. The van der Waals surface area contributed by atoms with Crippen molar-refractivity contribution in [2.24, 2.45) is 0 Å². The summed E-state index contributed by atoms with van der Waals surface area (Å²) in [6.45, 7) is 2.04. The van der Waals surface area contributed by atoms with Gasteiger partial charge in [0.1, 0.15) is 6.07 Å². The zero-order valence-corrected chi connectivity index (χ0v) is 10.5. The summed E-state index contributed by atoms with van der Waals surface area (Å²) in [6, 6.07) is 6.53. The van der Waals surface area contributed by atoms with Crippen LogP contribution in [0.15, 0.2) is 18.2 Å². The zero-order chi connectivity index (χ0) is 12.8. The van der Waals surface area contributed by atoms with Crippen LogP contribution in [0.3, 0.4) is 0 Å². The van der Waals surface area contributed by atoms with Gasteiger partial charge in [-0.25, -0.2) is 0 Å². The fraction of sp³-hybridized carbons (Fsp3) is 0.273. The Morgan fingerprint density at radius 3 is 2.59 bits per heavy atom. The van der Waals surface area contributed by atoms with E-state index in [9.17, 15) is 4.79 Å². The van der Waals surface area contributed by atoms with E-state index < -0.39 is 12.1 Å². The fourth-order valence-electron chi connectivity index (χ4n) is 1.18. The molecule has 90 valence electrons. The second kappa shape index (κ2) is 6.45. The van der Waals surface area contributed by atoms with Crippen LogP contribution >= 0.6 is 23.2 Å². The molecule has 1 atom stereocenters. The highest BCUT2D eigenvalue weighted by molar-refractivity contribution is 6.39. The molecule has 1 N–H and O–H groups in total. The molecular weight excluding hydrogens is 263 g/mol. The number of amides is 1. The summed E-state index contributed by atoms with van der Waals surface area (Å²) in [5, 5.41) is 11.6. The highest BCUT2D eigenvalue weighted by Gasteiger charge is 2.18. The molecule has 1 aromatic rings. The van der Waals surface area contributed by atoms with Crippen molar-refractivity contribution in [2.45, 2.75) is 13.2 Å². The number of carbonyl (C=O) groups is 1. The SMILES string of the molecule is CCOC(C#N)NC(=O)c1c(Cl)cccc1Cl. The van der Waals surface area contributed by atoms with Crippen LogP contribution in [0.2, 0.25) is 10.0 Å². The molecule has 1 aromatic carbocycles. The third-order valence-electron chi connectivity index (χ3n) is 1.90. The molecule has 1 rings (SSSR count). The second-order valence-electron chi connectivity index (χ2n) is 3.03. The van der Waals surface area contributed by atoms with E-state index in [4.69, 9.17) is 33.2 Å². The summed E-state index contributed by atoms with van der Waals surface area (Å²) in [5.74, 6) is -0.541. The Kier molecular flexibility index (Phi) is 5.23. The topological polar surface area (TPSA) is 62.1 Å². The fourth-order valence-corrected chi connectivity index (χ4v) is 1.75. The van der Waals surface area contributed by atoms with Crippen molar-refractivity contribution in [3.63, 3.8) is 0 Å². The summed E-state index contributed by atoms with van der Waals surface area (Å²) in [6.07, 6.45) is -1.01. The number of hydrogen-bond acceptors (Lipinski definition) is 3. The summed E-state index contributed by atoms with van der Waals surface area (Å²) < 4.78 is 4.98. The van der Waals surface area contributed by atoms with Crippen LogP contribution in [0, 0.1) is 11.3 Å². The monoisotopic (exact) mass is 272 g/mol. The molecule has 0 heterocycles. The van der Waals surface area contributed by atoms with Crippen molar-refractivity contribution < 1.29 is 9.53 Å². The van der Waals surface area contributed by atoms with Gasteiger partial charge in [0.2, 0.25) is 6.23 Å². The van der Waals surface area contributed by atoms with Gasteiger partial charge in [0.15, 0.2) is 0 Å². The van der Waals surface area contributed by atoms with Gasteiger partial charge in [0, 0.05) is 6.61 Å². The Morgan fingerprint density at radius 1 is 1.53 bits per heavy atom. The number of hydrogen-bond donors (Lipinski definition) is 1. The molecule has 0 saturated carbocycles.